The SMILES string of the molecule is Nc1ccc(CN2C(=O)CCSC2=O)cc1[N+](=O)[O-]. The average molecular weight is 281 g/mol. The zero-order valence-corrected chi connectivity index (χ0v) is 10.7. The number of carbonyl (C=O) groups is 2. The predicted molar refractivity (Wildman–Crippen MR) is 70.5 cm³/mol. The minimum Gasteiger partial charge on any atom is -0.393 e. The van der Waals surface area contributed by atoms with Crippen molar-refractivity contribution in [2.24, 2.45) is 0 Å². The Labute approximate surface area is 112 Å². The molecule has 1 aromatic carbocycles. The number of benzene rings is 1. The minimum atomic E-state index is -0.590. The summed E-state index contributed by atoms with van der Waals surface area (Å²) in [4.78, 5) is 34.5. The summed E-state index contributed by atoms with van der Waals surface area (Å²) in [5.41, 5.74) is 5.82. The first-order chi connectivity index (χ1) is 8.99. The zero-order chi connectivity index (χ0) is 14.0. The third kappa shape index (κ3) is 2.84. The van der Waals surface area contributed by atoms with Crippen LogP contribution in [0.3, 0.4) is 0 Å². The Morgan fingerprint density at radius 2 is 2.16 bits per heavy atom. The van der Waals surface area contributed by atoms with Crippen LogP contribution < -0.4 is 5.73 Å². The second-order valence-electron chi connectivity index (χ2n) is 3.99. The lowest BCUT2D eigenvalue weighted by molar-refractivity contribution is -0.384. The van der Waals surface area contributed by atoms with E-state index in [9.17, 15) is 19.7 Å². The minimum absolute atomic E-state index is 0.0335. The Balaban J connectivity index is 2.23. The molecule has 1 fully saturated rings. The molecule has 7 nitrogen and oxygen atoms in total. The number of nitro groups is 1. The molecule has 1 heterocycles. The van der Waals surface area contributed by atoms with E-state index in [4.69, 9.17) is 5.73 Å². The highest BCUT2D eigenvalue weighted by atomic mass is 32.2. The summed E-state index contributed by atoms with van der Waals surface area (Å²) in [6.45, 7) is 0.0335. The number of thioether (sulfide) groups is 1. The molecule has 0 unspecified atom stereocenters. The monoisotopic (exact) mass is 281 g/mol. The van der Waals surface area contributed by atoms with Crippen molar-refractivity contribution in [2.75, 3.05) is 11.5 Å². The highest BCUT2D eigenvalue weighted by molar-refractivity contribution is 8.13. The van der Waals surface area contributed by atoms with Crippen LogP contribution in [0.1, 0.15) is 12.0 Å². The van der Waals surface area contributed by atoms with Gasteiger partial charge in [-0.1, -0.05) is 17.8 Å². The summed E-state index contributed by atoms with van der Waals surface area (Å²) in [6, 6.07) is 4.26. The first-order valence-electron chi connectivity index (χ1n) is 5.49. The number of hydrogen-bond acceptors (Lipinski definition) is 6. The molecular formula is C11H11N3O4S. The molecule has 0 bridgehead atoms. The van der Waals surface area contributed by atoms with Gasteiger partial charge in [-0.3, -0.25) is 24.6 Å². The number of amides is 2. The molecule has 2 amide bonds. The van der Waals surface area contributed by atoms with E-state index in [0.29, 0.717) is 17.7 Å². The van der Waals surface area contributed by atoms with E-state index in [0.717, 1.165) is 16.7 Å². The summed E-state index contributed by atoms with van der Waals surface area (Å²) in [5, 5.41) is 10.4. The Morgan fingerprint density at radius 3 is 2.79 bits per heavy atom. The van der Waals surface area contributed by atoms with Gasteiger partial charge < -0.3 is 5.73 Å². The molecule has 0 spiro atoms. The average Bonchev–Trinajstić information content (AvgIpc) is 2.35. The number of nitro benzene ring substituents is 1. The molecule has 1 aliphatic rings. The summed E-state index contributed by atoms with van der Waals surface area (Å²) < 4.78 is 0. The molecule has 8 heteroatoms. The summed E-state index contributed by atoms with van der Waals surface area (Å²) in [7, 11) is 0. The van der Waals surface area contributed by atoms with E-state index in [1.807, 2.05) is 0 Å². The van der Waals surface area contributed by atoms with Gasteiger partial charge >= 0.3 is 0 Å². The van der Waals surface area contributed by atoms with E-state index in [1.54, 1.807) is 6.07 Å². The molecule has 2 N–H and O–H groups in total. The van der Waals surface area contributed by atoms with Gasteiger partial charge in [0.15, 0.2) is 0 Å². The molecule has 0 radical (unpaired) electrons. The Hall–Kier alpha value is -2.09. The van der Waals surface area contributed by atoms with Crippen molar-refractivity contribution in [3.8, 4) is 0 Å². The van der Waals surface area contributed by atoms with Crippen LogP contribution in [0.25, 0.3) is 0 Å². The third-order valence-electron chi connectivity index (χ3n) is 2.70. The van der Waals surface area contributed by atoms with Gasteiger partial charge in [-0.15, -0.1) is 0 Å². The smallest absolute Gasteiger partial charge is 0.292 e. The van der Waals surface area contributed by atoms with Crippen LogP contribution in [0.15, 0.2) is 18.2 Å². The Kier molecular flexibility index (Phi) is 3.70. The lowest BCUT2D eigenvalue weighted by Crippen LogP contribution is -2.37. The Bertz CT molecular complexity index is 545. The summed E-state index contributed by atoms with van der Waals surface area (Å²) in [5.74, 6) is 0.221. The molecule has 100 valence electrons. The topological polar surface area (TPSA) is 107 Å². The molecule has 0 saturated carbocycles. The van der Waals surface area contributed by atoms with Crippen LogP contribution in [0.4, 0.5) is 16.2 Å². The number of nitrogen functional groups attached to an aromatic ring is 1. The van der Waals surface area contributed by atoms with Crippen molar-refractivity contribution in [1.29, 1.82) is 0 Å². The van der Waals surface area contributed by atoms with E-state index in [-0.39, 0.29) is 29.1 Å². The molecule has 1 aromatic rings. The fourth-order valence-electron chi connectivity index (χ4n) is 1.72. The van der Waals surface area contributed by atoms with Gasteiger partial charge in [0.25, 0.3) is 10.9 Å². The van der Waals surface area contributed by atoms with Crippen LogP contribution in [0, 0.1) is 10.1 Å². The van der Waals surface area contributed by atoms with Crippen molar-refractivity contribution in [1.82, 2.24) is 4.90 Å². The van der Waals surface area contributed by atoms with Crippen molar-refractivity contribution in [2.45, 2.75) is 13.0 Å². The molecule has 0 aromatic heterocycles. The molecular weight excluding hydrogens is 270 g/mol. The number of hydrogen-bond donors (Lipinski definition) is 1. The van der Waals surface area contributed by atoms with Crippen LogP contribution >= 0.6 is 11.8 Å². The maximum Gasteiger partial charge on any atom is 0.292 e. The molecule has 0 aliphatic carbocycles. The first kappa shape index (κ1) is 13.3. The van der Waals surface area contributed by atoms with E-state index in [1.165, 1.54) is 12.1 Å². The predicted octanol–water partition coefficient (Wildman–Crippen LogP) is 1.76. The highest BCUT2D eigenvalue weighted by Crippen LogP contribution is 2.25. The molecule has 0 atom stereocenters. The standard InChI is InChI=1S/C11H11N3O4S/c12-8-2-1-7(5-9(8)14(17)18)6-13-10(15)3-4-19-11(13)16/h1-2,5H,3-4,6,12H2. The molecule has 1 saturated heterocycles. The number of nitrogens with two attached hydrogens (primary N) is 1. The fraction of sp³-hybridized carbons (Fsp3) is 0.273. The highest BCUT2D eigenvalue weighted by Gasteiger charge is 2.27. The van der Waals surface area contributed by atoms with E-state index in [2.05, 4.69) is 0 Å². The van der Waals surface area contributed by atoms with Gasteiger partial charge in [0.1, 0.15) is 5.69 Å². The second kappa shape index (κ2) is 5.27. The normalized spacial score (nSPS) is 15.7. The van der Waals surface area contributed by atoms with E-state index < -0.39 is 4.92 Å². The maximum atomic E-state index is 11.6. The number of carbonyl (C=O) groups excluding carboxylic acids is 2. The van der Waals surface area contributed by atoms with Gasteiger partial charge in [0.05, 0.1) is 11.5 Å². The number of rotatable bonds is 3. The number of nitrogens with zero attached hydrogens (tertiary/aromatic N) is 2. The van der Waals surface area contributed by atoms with Crippen molar-refractivity contribution >= 4 is 34.3 Å². The van der Waals surface area contributed by atoms with Crippen LogP contribution in [0.5, 0.6) is 0 Å². The van der Waals surface area contributed by atoms with Crippen LogP contribution in [-0.2, 0) is 11.3 Å². The lowest BCUT2D eigenvalue weighted by Gasteiger charge is -2.24. The quantitative estimate of drug-likeness (QED) is 0.514. The number of imide groups is 1. The fourth-order valence-corrected chi connectivity index (χ4v) is 2.49. The van der Waals surface area contributed by atoms with Crippen molar-refractivity contribution in [3.63, 3.8) is 0 Å². The molecule has 2 rings (SSSR count). The van der Waals surface area contributed by atoms with Gasteiger partial charge in [-0.2, -0.15) is 0 Å². The van der Waals surface area contributed by atoms with Gasteiger partial charge in [-0.05, 0) is 11.6 Å². The largest absolute Gasteiger partial charge is 0.393 e. The zero-order valence-electron chi connectivity index (χ0n) is 9.87. The van der Waals surface area contributed by atoms with Crippen molar-refractivity contribution < 1.29 is 14.5 Å². The molecule has 1 aliphatic heterocycles. The Morgan fingerprint density at radius 1 is 1.42 bits per heavy atom. The summed E-state index contributed by atoms with van der Waals surface area (Å²) >= 11 is 1.07. The van der Waals surface area contributed by atoms with Crippen LogP contribution in [-0.4, -0.2) is 26.7 Å². The van der Waals surface area contributed by atoms with Crippen LogP contribution in [0.2, 0.25) is 0 Å². The van der Waals surface area contributed by atoms with Gasteiger partial charge in [0, 0.05) is 18.2 Å². The first-order valence-corrected chi connectivity index (χ1v) is 6.47. The maximum absolute atomic E-state index is 11.6. The summed E-state index contributed by atoms with van der Waals surface area (Å²) in [6.07, 6.45) is 0.299. The van der Waals surface area contributed by atoms with Gasteiger partial charge in [0.2, 0.25) is 5.91 Å². The van der Waals surface area contributed by atoms with Gasteiger partial charge in [-0.25, -0.2) is 0 Å². The number of anilines is 1. The van der Waals surface area contributed by atoms with E-state index >= 15 is 0 Å². The third-order valence-corrected chi connectivity index (χ3v) is 3.57. The second-order valence-corrected chi connectivity index (χ2v) is 5.04. The van der Waals surface area contributed by atoms with Crippen molar-refractivity contribution in [3.05, 3.63) is 33.9 Å². The molecule has 19 heavy (non-hydrogen) atoms. The lowest BCUT2D eigenvalue weighted by atomic mass is 10.1.